The number of piperazine rings is 1. The lowest BCUT2D eigenvalue weighted by atomic mass is 9.94. The molecule has 0 saturated carbocycles. The van der Waals surface area contributed by atoms with Crippen molar-refractivity contribution in [2.24, 2.45) is 5.92 Å². The first-order valence-electron chi connectivity index (χ1n) is 10.5. The highest BCUT2D eigenvalue weighted by atomic mass is 35.5. The van der Waals surface area contributed by atoms with Crippen molar-refractivity contribution >= 4 is 34.8 Å². The van der Waals surface area contributed by atoms with Gasteiger partial charge in [0.2, 0.25) is 5.91 Å². The average Bonchev–Trinajstić information content (AvgIpc) is 2.76. The van der Waals surface area contributed by atoms with E-state index in [2.05, 4.69) is 15.9 Å². The van der Waals surface area contributed by atoms with Gasteiger partial charge in [0.1, 0.15) is 5.82 Å². The monoisotopic (exact) mass is 449 g/mol. The minimum atomic E-state index is -0.265. The third-order valence-corrected chi connectivity index (χ3v) is 6.58. The van der Waals surface area contributed by atoms with Gasteiger partial charge in [0.15, 0.2) is 0 Å². The maximum Gasteiger partial charge on any atom is 0.225 e. The van der Waals surface area contributed by atoms with Crippen LogP contribution in [0.5, 0.6) is 0 Å². The number of nitrogens with zero attached hydrogens (tertiary/aromatic N) is 3. The van der Waals surface area contributed by atoms with Gasteiger partial charge in [-0.2, -0.15) is 0 Å². The first-order chi connectivity index (χ1) is 14.5. The molecule has 0 aliphatic carbocycles. The Morgan fingerprint density at radius 2 is 1.63 bits per heavy atom. The fourth-order valence-corrected chi connectivity index (χ4v) is 4.69. The van der Waals surface area contributed by atoms with Crippen LogP contribution in [-0.4, -0.2) is 55.0 Å². The molecule has 160 valence electrons. The van der Waals surface area contributed by atoms with Gasteiger partial charge in [-0.15, -0.1) is 0 Å². The quantitative estimate of drug-likeness (QED) is 0.676. The molecular weight excluding hydrogens is 424 g/mol. The number of carbonyl (C=O) groups excluding carboxylic acids is 1. The molecule has 2 saturated heterocycles. The minimum Gasteiger partial charge on any atom is -0.368 e. The Hall–Kier alpha value is -1.82. The van der Waals surface area contributed by atoms with Crippen molar-refractivity contribution in [2.45, 2.75) is 19.4 Å². The number of hydrogen-bond donors (Lipinski definition) is 0. The molecule has 0 N–H and O–H groups in total. The highest BCUT2D eigenvalue weighted by Gasteiger charge is 2.30. The van der Waals surface area contributed by atoms with Crippen molar-refractivity contribution in [3.8, 4) is 0 Å². The molecule has 7 heteroatoms. The Kier molecular flexibility index (Phi) is 6.81. The molecule has 4 rings (SSSR count). The van der Waals surface area contributed by atoms with Gasteiger partial charge in [0.05, 0.1) is 0 Å². The molecular formula is C23H26Cl2FN3O. The number of likely N-dealkylation sites (tertiary alicyclic amines) is 1. The van der Waals surface area contributed by atoms with Crippen LogP contribution in [0.4, 0.5) is 10.1 Å². The second-order valence-electron chi connectivity index (χ2n) is 8.08. The number of rotatable bonds is 4. The largest absolute Gasteiger partial charge is 0.368 e. The van der Waals surface area contributed by atoms with Gasteiger partial charge in [-0.05, 0) is 56.3 Å². The summed E-state index contributed by atoms with van der Waals surface area (Å²) in [5.74, 6) is 0.0605. The Morgan fingerprint density at radius 3 is 2.30 bits per heavy atom. The topological polar surface area (TPSA) is 26.8 Å². The first-order valence-corrected chi connectivity index (χ1v) is 11.2. The summed E-state index contributed by atoms with van der Waals surface area (Å²) in [5, 5.41) is 1.15. The molecule has 0 bridgehead atoms. The molecule has 0 aromatic heterocycles. The SMILES string of the molecule is O=C(C1CCN(Cc2ccc(Cl)cc2F)CC1)N1CCN(c2cccc(Cl)c2)CC1. The van der Waals surface area contributed by atoms with E-state index in [1.54, 1.807) is 12.1 Å². The van der Waals surface area contributed by atoms with Crippen molar-refractivity contribution in [3.05, 3.63) is 63.9 Å². The third kappa shape index (κ3) is 5.08. The summed E-state index contributed by atoms with van der Waals surface area (Å²) in [6.45, 7) is 5.29. The smallest absolute Gasteiger partial charge is 0.225 e. The molecule has 2 fully saturated rings. The van der Waals surface area contributed by atoms with Crippen LogP contribution >= 0.6 is 23.2 Å². The molecule has 1 amide bonds. The Balaban J connectivity index is 1.25. The van der Waals surface area contributed by atoms with Crippen molar-refractivity contribution in [3.63, 3.8) is 0 Å². The van der Waals surface area contributed by atoms with E-state index in [0.29, 0.717) is 17.1 Å². The second-order valence-corrected chi connectivity index (χ2v) is 8.95. The van der Waals surface area contributed by atoms with E-state index >= 15 is 0 Å². The van der Waals surface area contributed by atoms with Crippen LogP contribution < -0.4 is 4.90 Å². The number of halogens is 3. The second kappa shape index (κ2) is 9.54. The summed E-state index contributed by atoms with van der Waals surface area (Å²) >= 11 is 11.9. The molecule has 0 spiro atoms. The van der Waals surface area contributed by atoms with Gasteiger partial charge in [-0.25, -0.2) is 4.39 Å². The lowest BCUT2D eigenvalue weighted by molar-refractivity contribution is -0.137. The fourth-order valence-electron chi connectivity index (χ4n) is 4.34. The van der Waals surface area contributed by atoms with Gasteiger partial charge in [-0.3, -0.25) is 9.69 Å². The van der Waals surface area contributed by atoms with E-state index < -0.39 is 0 Å². The van der Waals surface area contributed by atoms with Crippen molar-refractivity contribution in [2.75, 3.05) is 44.2 Å². The number of benzene rings is 2. The number of anilines is 1. The van der Waals surface area contributed by atoms with E-state index in [1.165, 1.54) is 6.07 Å². The normalized spacial score (nSPS) is 18.6. The maximum absolute atomic E-state index is 14.0. The zero-order valence-electron chi connectivity index (χ0n) is 16.9. The van der Waals surface area contributed by atoms with Crippen LogP contribution in [0.3, 0.4) is 0 Å². The van der Waals surface area contributed by atoms with Gasteiger partial charge >= 0.3 is 0 Å². The van der Waals surface area contributed by atoms with Crippen molar-refractivity contribution < 1.29 is 9.18 Å². The van der Waals surface area contributed by atoms with Crippen LogP contribution in [0.25, 0.3) is 0 Å². The summed E-state index contributed by atoms with van der Waals surface area (Å²) in [5.41, 5.74) is 1.76. The molecule has 0 radical (unpaired) electrons. The molecule has 2 aromatic rings. The Morgan fingerprint density at radius 1 is 0.933 bits per heavy atom. The minimum absolute atomic E-state index is 0.0639. The molecule has 0 atom stereocenters. The zero-order valence-corrected chi connectivity index (χ0v) is 18.4. The Bertz CT molecular complexity index is 894. The molecule has 2 heterocycles. The average molecular weight is 450 g/mol. The van der Waals surface area contributed by atoms with Gasteiger partial charge in [0, 0.05) is 59.9 Å². The van der Waals surface area contributed by atoms with E-state index in [0.717, 1.165) is 62.8 Å². The lowest BCUT2D eigenvalue weighted by Crippen LogP contribution is -2.51. The number of hydrogen-bond acceptors (Lipinski definition) is 3. The first kappa shape index (κ1) is 21.4. The van der Waals surface area contributed by atoms with Crippen LogP contribution in [-0.2, 0) is 11.3 Å². The van der Waals surface area contributed by atoms with E-state index in [1.807, 2.05) is 23.1 Å². The van der Waals surface area contributed by atoms with E-state index in [4.69, 9.17) is 23.2 Å². The highest BCUT2D eigenvalue weighted by molar-refractivity contribution is 6.31. The highest BCUT2D eigenvalue weighted by Crippen LogP contribution is 2.25. The summed E-state index contributed by atoms with van der Waals surface area (Å²) in [4.78, 5) is 19.5. The maximum atomic E-state index is 14.0. The molecule has 2 aliphatic heterocycles. The predicted octanol–water partition coefficient (Wildman–Crippen LogP) is 4.69. The molecule has 2 aliphatic rings. The summed E-state index contributed by atoms with van der Waals surface area (Å²) in [7, 11) is 0. The predicted molar refractivity (Wildman–Crippen MR) is 120 cm³/mol. The van der Waals surface area contributed by atoms with E-state index in [9.17, 15) is 9.18 Å². The fraction of sp³-hybridized carbons (Fsp3) is 0.435. The molecule has 0 unspecified atom stereocenters. The molecule has 2 aromatic carbocycles. The summed E-state index contributed by atoms with van der Waals surface area (Å²) in [6, 6.07) is 12.7. The van der Waals surface area contributed by atoms with Gasteiger partial charge in [0.25, 0.3) is 0 Å². The summed E-state index contributed by atoms with van der Waals surface area (Å²) in [6.07, 6.45) is 1.64. The Labute approximate surface area is 187 Å². The number of amides is 1. The van der Waals surface area contributed by atoms with Crippen LogP contribution in [0, 0.1) is 11.7 Å². The van der Waals surface area contributed by atoms with Crippen LogP contribution in [0.15, 0.2) is 42.5 Å². The third-order valence-electron chi connectivity index (χ3n) is 6.11. The zero-order chi connectivity index (χ0) is 21.1. The molecule has 30 heavy (non-hydrogen) atoms. The number of piperidine rings is 1. The summed E-state index contributed by atoms with van der Waals surface area (Å²) < 4.78 is 14.0. The van der Waals surface area contributed by atoms with Crippen molar-refractivity contribution in [1.82, 2.24) is 9.80 Å². The standard InChI is InChI=1S/C23H26Cl2FN3O/c24-19-2-1-3-21(14-19)28-10-12-29(13-11-28)23(30)17-6-8-27(9-7-17)16-18-4-5-20(25)15-22(18)26/h1-5,14-15,17H,6-13,16H2. The lowest BCUT2D eigenvalue weighted by Gasteiger charge is -2.39. The molecule has 4 nitrogen and oxygen atoms in total. The van der Waals surface area contributed by atoms with Crippen LogP contribution in [0.1, 0.15) is 18.4 Å². The van der Waals surface area contributed by atoms with Gasteiger partial charge < -0.3 is 9.80 Å². The van der Waals surface area contributed by atoms with E-state index in [-0.39, 0.29) is 17.6 Å². The van der Waals surface area contributed by atoms with Gasteiger partial charge in [-0.1, -0.05) is 35.3 Å². The number of carbonyl (C=O) groups is 1. The van der Waals surface area contributed by atoms with Crippen molar-refractivity contribution in [1.29, 1.82) is 0 Å². The van der Waals surface area contributed by atoms with Crippen LogP contribution in [0.2, 0.25) is 10.0 Å².